The van der Waals surface area contributed by atoms with Crippen LogP contribution in [0.2, 0.25) is 0 Å². The van der Waals surface area contributed by atoms with Gasteiger partial charge in [0.05, 0.1) is 0 Å². The number of nitrogens with two attached hydrogens (primary N) is 1. The highest BCUT2D eigenvalue weighted by atomic mass is 19.3. The minimum absolute atomic E-state index is 0.0319. The number of benzene rings is 1. The summed E-state index contributed by atoms with van der Waals surface area (Å²) in [4.78, 5) is 2.28. The number of likely N-dealkylation sites (tertiary alicyclic amines) is 1. The molecule has 1 saturated heterocycles. The molecule has 1 aromatic carbocycles. The summed E-state index contributed by atoms with van der Waals surface area (Å²) >= 11 is 0. The third kappa shape index (κ3) is 3.22. The summed E-state index contributed by atoms with van der Waals surface area (Å²) in [7, 11) is 2.10. The van der Waals surface area contributed by atoms with E-state index in [1.165, 1.54) is 0 Å². The number of alkyl halides is 2. The predicted octanol–water partition coefficient (Wildman–Crippen LogP) is 2.21. The van der Waals surface area contributed by atoms with Gasteiger partial charge in [0, 0.05) is 12.0 Å². The van der Waals surface area contributed by atoms with E-state index < -0.39 is 6.61 Å². The zero-order valence-corrected chi connectivity index (χ0v) is 11.1. The molecule has 0 unspecified atom stereocenters. The predicted molar refractivity (Wildman–Crippen MR) is 70.5 cm³/mol. The van der Waals surface area contributed by atoms with E-state index in [4.69, 9.17) is 5.73 Å². The van der Waals surface area contributed by atoms with Crippen molar-refractivity contribution < 1.29 is 13.5 Å². The molecule has 1 aliphatic heterocycles. The minimum atomic E-state index is -2.78. The average molecular weight is 270 g/mol. The molecule has 0 saturated carbocycles. The molecule has 0 amide bonds. The van der Waals surface area contributed by atoms with Crippen LogP contribution in [-0.2, 0) is 5.41 Å². The van der Waals surface area contributed by atoms with Crippen LogP contribution in [0.15, 0.2) is 24.3 Å². The number of piperidine rings is 1. The highest BCUT2D eigenvalue weighted by Gasteiger charge is 2.34. The van der Waals surface area contributed by atoms with Crippen LogP contribution in [0.3, 0.4) is 0 Å². The first-order valence-electron chi connectivity index (χ1n) is 6.50. The Labute approximate surface area is 112 Å². The summed E-state index contributed by atoms with van der Waals surface area (Å²) in [5.41, 5.74) is 7.05. The first kappa shape index (κ1) is 14.2. The molecule has 0 aliphatic carbocycles. The molecule has 0 aromatic heterocycles. The zero-order valence-electron chi connectivity index (χ0n) is 11.1. The van der Waals surface area contributed by atoms with Gasteiger partial charge in [-0.1, -0.05) is 12.1 Å². The SMILES string of the molecule is CN1CCC(CN)(c2ccc(OC(F)F)cc2)CC1. The third-order valence-corrected chi connectivity index (χ3v) is 4.03. The van der Waals surface area contributed by atoms with Crippen LogP contribution >= 0.6 is 0 Å². The van der Waals surface area contributed by atoms with Crippen molar-refractivity contribution in [1.82, 2.24) is 4.90 Å². The maximum Gasteiger partial charge on any atom is 0.387 e. The number of ether oxygens (including phenoxy) is 1. The highest BCUT2D eigenvalue weighted by molar-refractivity contribution is 5.33. The lowest BCUT2D eigenvalue weighted by Crippen LogP contribution is -2.45. The number of nitrogens with zero attached hydrogens (tertiary/aromatic N) is 1. The van der Waals surface area contributed by atoms with E-state index >= 15 is 0 Å². The molecular weight excluding hydrogens is 250 g/mol. The van der Waals surface area contributed by atoms with Gasteiger partial charge in [-0.3, -0.25) is 0 Å². The summed E-state index contributed by atoms with van der Waals surface area (Å²) in [6.07, 6.45) is 1.99. The van der Waals surface area contributed by atoms with Crippen molar-refractivity contribution in [2.24, 2.45) is 5.73 Å². The van der Waals surface area contributed by atoms with Crippen molar-refractivity contribution in [1.29, 1.82) is 0 Å². The summed E-state index contributed by atoms with van der Waals surface area (Å²) < 4.78 is 28.6. The molecule has 1 aliphatic rings. The van der Waals surface area contributed by atoms with Crippen molar-refractivity contribution in [3.8, 4) is 5.75 Å². The third-order valence-electron chi connectivity index (χ3n) is 4.03. The molecule has 1 heterocycles. The Balaban J connectivity index is 2.15. The number of hydrogen-bond acceptors (Lipinski definition) is 3. The van der Waals surface area contributed by atoms with Gasteiger partial charge < -0.3 is 15.4 Å². The fourth-order valence-electron chi connectivity index (χ4n) is 2.65. The van der Waals surface area contributed by atoms with E-state index in [0.717, 1.165) is 31.5 Å². The second-order valence-electron chi connectivity index (χ2n) is 5.19. The number of hydrogen-bond donors (Lipinski definition) is 1. The molecule has 0 atom stereocenters. The molecular formula is C14H20F2N2O. The summed E-state index contributed by atoms with van der Waals surface area (Å²) in [5.74, 6) is 0.193. The van der Waals surface area contributed by atoms with E-state index in [9.17, 15) is 8.78 Å². The number of halogens is 2. The van der Waals surface area contributed by atoms with E-state index in [-0.39, 0.29) is 11.2 Å². The smallest absolute Gasteiger partial charge is 0.387 e. The van der Waals surface area contributed by atoms with Crippen molar-refractivity contribution >= 4 is 0 Å². The molecule has 2 N–H and O–H groups in total. The lowest BCUT2D eigenvalue weighted by molar-refractivity contribution is -0.0498. The number of rotatable bonds is 4. The van der Waals surface area contributed by atoms with Gasteiger partial charge >= 0.3 is 6.61 Å². The van der Waals surface area contributed by atoms with Crippen molar-refractivity contribution in [2.75, 3.05) is 26.7 Å². The van der Waals surface area contributed by atoms with E-state index in [1.54, 1.807) is 12.1 Å². The lowest BCUT2D eigenvalue weighted by atomic mass is 9.73. The van der Waals surface area contributed by atoms with Crippen LogP contribution in [0.1, 0.15) is 18.4 Å². The average Bonchev–Trinajstić information content (AvgIpc) is 2.40. The van der Waals surface area contributed by atoms with E-state index in [2.05, 4.69) is 16.7 Å². The van der Waals surface area contributed by atoms with Gasteiger partial charge in [-0.2, -0.15) is 8.78 Å². The second-order valence-corrected chi connectivity index (χ2v) is 5.19. The fraction of sp³-hybridized carbons (Fsp3) is 0.571. The first-order chi connectivity index (χ1) is 9.05. The standard InChI is InChI=1S/C14H20F2N2O/c1-18-8-6-14(10-17,7-9-18)11-2-4-12(5-3-11)19-13(15)16/h2-5,13H,6-10,17H2,1H3. The molecule has 1 fully saturated rings. The molecule has 5 heteroatoms. The van der Waals surface area contributed by atoms with Crippen LogP contribution in [0, 0.1) is 0 Å². The van der Waals surface area contributed by atoms with Gasteiger partial charge in [0.1, 0.15) is 5.75 Å². The summed E-state index contributed by atoms with van der Waals surface area (Å²) in [5, 5.41) is 0. The molecule has 0 radical (unpaired) electrons. The Morgan fingerprint density at radius 2 is 1.84 bits per heavy atom. The summed E-state index contributed by atoms with van der Waals surface area (Å²) in [6.45, 7) is -0.188. The van der Waals surface area contributed by atoms with Crippen LogP contribution in [0.4, 0.5) is 8.78 Å². The quantitative estimate of drug-likeness (QED) is 0.911. The van der Waals surface area contributed by atoms with Crippen LogP contribution < -0.4 is 10.5 Å². The Bertz CT molecular complexity index is 400. The molecule has 19 heavy (non-hydrogen) atoms. The van der Waals surface area contributed by atoms with Gasteiger partial charge in [0.25, 0.3) is 0 Å². The fourth-order valence-corrected chi connectivity index (χ4v) is 2.65. The normalized spacial score (nSPS) is 19.6. The van der Waals surface area contributed by atoms with Crippen LogP contribution in [0.5, 0.6) is 5.75 Å². The lowest BCUT2D eigenvalue weighted by Gasteiger charge is -2.40. The Morgan fingerprint density at radius 1 is 1.26 bits per heavy atom. The first-order valence-corrected chi connectivity index (χ1v) is 6.50. The maximum atomic E-state index is 12.1. The minimum Gasteiger partial charge on any atom is -0.435 e. The molecule has 0 spiro atoms. The van der Waals surface area contributed by atoms with Crippen molar-refractivity contribution in [3.63, 3.8) is 0 Å². The van der Waals surface area contributed by atoms with Crippen molar-refractivity contribution in [3.05, 3.63) is 29.8 Å². The topological polar surface area (TPSA) is 38.5 Å². The van der Waals surface area contributed by atoms with Gasteiger partial charge in [0.15, 0.2) is 0 Å². The zero-order chi connectivity index (χ0) is 13.9. The maximum absolute atomic E-state index is 12.1. The van der Waals surface area contributed by atoms with Gasteiger partial charge in [-0.05, 0) is 50.7 Å². The molecule has 2 rings (SSSR count). The van der Waals surface area contributed by atoms with Gasteiger partial charge in [-0.25, -0.2) is 0 Å². The molecule has 1 aromatic rings. The van der Waals surface area contributed by atoms with E-state index in [1.807, 2.05) is 12.1 Å². The van der Waals surface area contributed by atoms with Gasteiger partial charge in [0.2, 0.25) is 0 Å². The van der Waals surface area contributed by atoms with Crippen molar-refractivity contribution in [2.45, 2.75) is 24.9 Å². The Kier molecular flexibility index (Phi) is 4.37. The van der Waals surface area contributed by atoms with Crippen LogP contribution in [-0.4, -0.2) is 38.2 Å². The Hall–Kier alpha value is -1.20. The van der Waals surface area contributed by atoms with Crippen LogP contribution in [0.25, 0.3) is 0 Å². The molecule has 3 nitrogen and oxygen atoms in total. The second kappa shape index (κ2) is 5.84. The van der Waals surface area contributed by atoms with Gasteiger partial charge in [-0.15, -0.1) is 0 Å². The summed E-state index contributed by atoms with van der Waals surface area (Å²) in [6, 6.07) is 6.90. The monoisotopic (exact) mass is 270 g/mol. The highest BCUT2D eigenvalue weighted by Crippen LogP contribution is 2.35. The largest absolute Gasteiger partial charge is 0.435 e. The molecule has 106 valence electrons. The molecule has 0 bridgehead atoms. The Morgan fingerprint density at radius 3 is 2.32 bits per heavy atom. The van der Waals surface area contributed by atoms with E-state index in [0.29, 0.717) is 6.54 Å².